The Kier molecular flexibility index (Phi) is 5.08. The van der Waals surface area contributed by atoms with Gasteiger partial charge in [-0.2, -0.15) is 0 Å². The van der Waals surface area contributed by atoms with Gasteiger partial charge in [-0.15, -0.1) is 0 Å². The fourth-order valence-corrected chi connectivity index (χ4v) is 3.33. The third-order valence-corrected chi connectivity index (χ3v) is 4.67. The first-order valence-corrected chi connectivity index (χ1v) is 9.10. The Morgan fingerprint density at radius 1 is 1.00 bits per heavy atom. The van der Waals surface area contributed by atoms with E-state index < -0.39 is 22.5 Å². The minimum absolute atomic E-state index is 0.0311. The van der Waals surface area contributed by atoms with E-state index in [-0.39, 0.29) is 18.0 Å². The van der Waals surface area contributed by atoms with Crippen molar-refractivity contribution >= 4 is 22.5 Å². The van der Waals surface area contributed by atoms with Gasteiger partial charge in [0.2, 0.25) is 0 Å². The number of hydrogen-bond donors (Lipinski definition) is 1. The van der Waals surface area contributed by atoms with Crippen LogP contribution in [0, 0.1) is 21.7 Å². The minimum atomic E-state index is -0.688. The van der Waals surface area contributed by atoms with Crippen molar-refractivity contribution in [3.05, 3.63) is 99.7 Å². The van der Waals surface area contributed by atoms with E-state index in [1.807, 2.05) is 0 Å². The van der Waals surface area contributed by atoms with Gasteiger partial charge in [0.15, 0.2) is 0 Å². The maximum absolute atomic E-state index is 13.3. The highest BCUT2D eigenvalue weighted by molar-refractivity contribution is 5.99. The summed E-state index contributed by atoms with van der Waals surface area (Å²) in [5.41, 5.74) is 7.07. The van der Waals surface area contributed by atoms with Crippen molar-refractivity contribution in [2.24, 2.45) is 5.73 Å². The van der Waals surface area contributed by atoms with E-state index in [1.54, 1.807) is 34.9 Å². The number of fused-ring (bicyclic) bond motifs is 1. The van der Waals surface area contributed by atoms with Crippen LogP contribution < -0.4 is 10.5 Å². The number of nitrogens with two attached hydrogens (primary N) is 1. The number of benzene rings is 3. The van der Waals surface area contributed by atoms with Crippen LogP contribution in [-0.4, -0.2) is 15.4 Å². The summed E-state index contributed by atoms with van der Waals surface area (Å²) in [5, 5.41) is 11.5. The molecular weight excluding hydrogens is 408 g/mol. The van der Waals surface area contributed by atoms with Crippen molar-refractivity contribution < 1.29 is 23.2 Å². The van der Waals surface area contributed by atoms with Crippen LogP contribution in [0.2, 0.25) is 0 Å². The predicted molar refractivity (Wildman–Crippen MR) is 109 cm³/mol. The molecule has 31 heavy (non-hydrogen) atoms. The molecule has 0 aliphatic carbocycles. The molecule has 4 rings (SSSR count). The number of carbonyl (C=O) groups excluding carboxylic acids is 1. The summed E-state index contributed by atoms with van der Waals surface area (Å²) >= 11 is 0. The van der Waals surface area contributed by atoms with E-state index >= 15 is 0 Å². The van der Waals surface area contributed by atoms with Gasteiger partial charge >= 0.3 is 0 Å². The molecule has 0 fully saturated rings. The number of hydrogen-bond acceptors (Lipinski definition) is 4. The average Bonchev–Trinajstić information content (AvgIpc) is 3.11. The largest absolute Gasteiger partial charge is 0.489 e. The van der Waals surface area contributed by atoms with Crippen molar-refractivity contribution in [2.45, 2.75) is 6.61 Å². The molecule has 9 heteroatoms. The molecule has 0 radical (unpaired) electrons. The Bertz CT molecular complexity index is 1300. The number of primary amides is 1. The van der Waals surface area contributed by atoms with Gasteiger partial charge in [-0.05, 0) is 54.1 Å². The molecule has 1 amide bonds. The number of aromatic nitrogens is 1. The van der Waals surface area contributed by atoms with Crippen LogP contribution >= 0.6 is 0 Å². The summed E-state index contributed by atoms with van der Waals surface area (Å²) in [6.45, 7) is -0.0311. The molecule has 1 heterocycles. The van der Waals surface area contributed by atoms with Crippen LogP contribution in [-0.2, 0) is 6.61 Å². The number of nitro benzene ring substituents is 1. The highest BCUT2D eigenvalue weighted by Gasteiger charge is 2.17. The number of rotatable bonds is 6. The van der Waals surface area contributed by atoms with Gasteiger partial charge in [0.1, 0.15) is 29.7 Å². The van der Waals surface area contributed by atoms with Crippen molar-refractivity contribution in [1.29, 1.82) is 0 Å². The summed E-state index contributed by atoms with van der Waals surface area (Å²) in [6.07, 6.45) is 0. The van der Waals surface area contributed by atoms with E-state index in [0.717, 1.165) is 6.07 Å². The first kappa shape index (κ1) is 20.0. The van der Waals surface area contributed by atoms with Crippen molar-refractivity contribution in [1.82, 2.24) is 4.57 Å². The number of amides is 1. The zero-order chi connectivity index (χ0) is 22.1. The van der Waals surface area contributed by atoms with Gasteiger partial charge in [-0.1, -0.05) is 0 Å². The molecule has 7 nitrogen and oxygen atoms in total. The van der Waals surface area contributed by atoms with E-state index in [0.29, 0.717) is 27.9 Å². The molecule has 0 saturated heterocycles. The van der Waals surface area contributed by atoms with E-state index in [4.69, 9.17) is 10.5 Å². The molecule has 0 aliphatic rings. The lowest BCUT2D eigenvalue weighted by Gasteiger charge is -2.11. The van der Waals surface area contributed by atoms with Crippen LogP contribution in [0.1, 0.15) is 16.1 Å². The molecule has 3 aromatic carbocycles. The number of halogens is 2. The molecular formula is C22H15F2N3O4. The van der Waals surface area contributed by atoms with Crippen LogP contribution in [0.25, 0.3) is 16.6 Å². The maximum Gasteiger partial charge on any atom is 0.270 e. The minimum Gasteiger partial charge on any atom is -0.489 e. The summed E-state index contributed by atoms with van der Waals surface area (Å²) < 4.78 is 33.7. The van der Waals surface area contributed by atoms with Gasteiger partial charge < -0.3 is 15.0 Å². The van der Waals surface area contributed by atoms with E-state index in [9.17, 15) is 23.7 Å². The molecule has 4 aromatic rings. The highest BCUT2D eigenvalue weighted by Crippen LogP contribution is 2.28. The second kappa shape index (κ2) is 7.86. The summed E-state index contributed by atoms with van der Waals surface area (Å²) in [4.78, 5) is 22.5. The highest BCUT2D eigenvalue weighted by atomic mass is 19.1. The molecule has 0 spiro atoms. The number of carbonyl (C=O) groups is 1. The van der Waals surface area contributed by atoms with Gasteiger partial charge in [-0.3, -0.25) is 14.9 Å². The van der Waals surface area contributed by atoms with Gasteiger partial charge in [0.05, 0.1) is 10.4 Å². The van der Waals surface area contributed by atoms with Crippen LogP contribution in [0.3, 0.4) is 0 Å². The molecule has 0 atom stereocenters. The van der Waals surface area contributed by atoms with Crippen molar-refractivity contribution in [3.8, 4) is 11.4 Å². The fraction of sp³-hybridized carbons (Fsp3) is 0.0455. The molecule has 0 bridgehead atoms. The Morgan fingerprint density at radius 2 is 1.68 bits per heavy atom. The number of nitro groups is 1. The third kappa shape index (κ3) is 4.06. The predicted octanol–water partition coefficient (Wildman–Crippen LogP) is 4.49. The zero-order valence-electron chi connectivity index (χ0n) is 15.9. The molecule has 2 N–H and O–H groups in total. The molecule has 0 aliphatic heterocycles. The van der Waals surface area contributed by atoms with Gasteiger partial charge in [-0.25, -0.2) is 8.78 Å². The number of non-ortho nitro benzene ring substituents is 1. The lowest BCUT2D eigenvalue weighted by Crippen LogP contribution is -2.15. The Labute approximate surface area is 174 Å². The van der Waals surface area contributed by atoms with E-state index in [2.05, 4.69) is 0 Å². The first-order chi connectivity index (χ1) is 14.8. The third-order valence-electron chi connectivity index (χ3n) is 4.67. The second-order valence-electron chi connectivity index (χ2n) is 6.79. The quantitative estimate of drug-likeness (QED) is 0.365. The first-order valence-electron chi connectivity index (χ1n) is 9.10. The Balaban J connectivity index is 1.64. The van der Waals surface area contributed by atoms with Gasteiger partial charge in [0, 0.05) is 29.3 Å². The molecule has 0 saturated carbocycles. The summed E-state index contributed by atoms with van der Waals surface area (Å²) in [7, 11) is 0. The zero-order valence-corrected chi connectivity index (χ0v) is 15.9. The topological polar surface area (TPSA) is 100 Å². The maximum atomic E-state index is 13.3. The molecule has 0 unspecified atom stereocenters. The van der Waals surface area contributed by atoms with Crippen molar-refractivity contribution in [3.63, 3.8) is 0 Å². The molecule has 156 valence electrons. The lowest BCUT2D eigenvalue weighted by molar-refractivity contribution is -0.384. The van der Waals surface area contributed by atoms with Crippen LogP contribution in [0.4, 0.5) is 14.5 Å². The Morgan fingerprint density at radius 3 is 2.29 bits per heavy atom. The molecule has 1 aromatic heterocycles. The van der Waals surface area contributed by atoms with Crippen molar-refractivity contribution in [2.75, 3.05) is 0 Å². The normalized spacial score (nSPS) is 10.9. The average molecular weight is 423 g/mol. The number of ether oxygens (including phenoxy) is 1. The van der Waals surface area contributed by atoms with Gasteiger partial charge in [0.25, 0.3) is 11.6 Å². The van der Waals surface area contributed by atoms with E-state index in [1.165, 1.54) is 30.3 Å². The standard InChI is InChI=1S/C22H15F2N3O4/c23-15-7-13(8-16(24)11-15)12-31-19-4-1-17(2-5-19)26-20-6-3-18(27(29)30)9-14(20)10-21(26)22(25)28/h1-11H,12H2,(H2,25,28). The van der Waals surface area contributed by atoms with Crippen LogP contribution in [0.5, 0.6) is 5.75 Å². The lowest BCUT2D eigenvalue weighted by atomic mass is 10.2. The monoisotopic (exact) mass is 423 g/mol. The summed E-state index contributed by atoms with van der Waals surface area (Å²) in [5.74, 6) is -1.62. The SMILES string of the molecule is NC(=O)c1cc2cc([N+](=O)[O-])ccc2n1-c1ccc(OCc2cc(F)cc(F)c2)cc1. The second-order valence-corrected chi connectivity index (χ2v) is 6.79. The smallest absolute Gasteiger partial charge is 0.270 e. The number of nitrogens with zero attached hydrogens (tertiary/aromatic N) is 2. The Hall–Kier alpha value is -4.27. The fourth-order valence-electron chi connectivity index (χ4n) is 3.33. The summed E-state index contributed by atoms with van der Waals surface area (Å²) in [6, 6.07) is 15.5. The van der Waals surface area contributed by atoms with Crippen LogP contribution in [0.15, 0.2) is 66.7 Å².